The molecule has 1 aliphatic rings. The molecular formula is C21H21N7O. The molecule has 2 heterocycles. The van der Waals surface area contributed by atoms with E-state index in [1.54, 1.807) is 25.4 Å². The van der Waals surface area contributed by atoms with E-state index in [1.807, 2.05) is 24.3 Å². The Balaban J connectivity index is 1.39. The van der Waals surface area contributed by atoms with Gasteiger partial charge in [-0.3, -0.25) is 0 Å². The van der Waals surface area contributed by atoms with Crippen LogP contribution in [0.3, 0.4) is 0 Å². The zero-order chi connectivity index (χ0) is 20.1. The highest BCUT2D eigenvalue weighted by Gasteiger charge is 2.19. The normalized spacial score (nSPS) is 13.7. The fraction of sp³-hybridized carbons (Fsp3) is 0.238. The highest BCUT2D eigenvalue weighted by Crippen LogP contribution is 2.22. The van der Waals surface area contributed by atoms with Gasteiger partial charge < -0.3 is 19.9 Å². The topological polar surface area (TPSA) is 90.2 Å². The maximum atomic E-state index is 8.89. The van der Waals surface area contributed by atoms with Gasteiger partial charge in [-0.2, -0.15) is 15.3 Å². The summed E-state index contributed by atoms with van der Waals surface area (Å²) in [6, 6.07) is 17.4. The molecule has 1 aliphatic heterocycles. The van der Waals surface area contributed by atoms with E-state index >= 15 is 0 Å². The number of aromatic nitrogens is 3. The van der Waals surface area contributed by atoms with E-state index in [-0.39, 0.29) is 0 Å². The van der Waals surface area contributed by atoms with Crippen LogP contribution in [0.5, 0.6) is 5.75 Å². The van der Waals surface area contributed by atoms with Crippen LogP contribution in [0.1, 0.15) is 5.56 Å². The van der Waals surface area contributed by atoms with Crippen LogP contribution < -0.4 is 19.9 Å². The fourth-order valence-corrected chi connectivity index (χ4v) is 3.24. The number of piperazine rings is 1. The van der Waals surface area contributed by atoms with Gasteiger partial charge in [0.05, 0.1) is 24.9 Å². The molecule has 1 N–H and O–H groups in total. The quantitative estimate of drug-likeness (QED) is 0.715. The lowest BCUT2D eigenvalue weighted by molar-refractivity contribution is 0.415. The predicted molar refractivity (Wildman–Crippen MR) is 112 cm³/mol. The first-order valence-electron chi connectivity index (χ1n) is 9.36. The Bertz CT molecular complexity index is 991. The number of rotatable bonds is 5. The van der Waals surface area contributed by atoms with E-state index in [0.29, 0.717) is 11.5 Å². The summed E-state index contributed by atoms with van der Waals surface area (Å²) in [7, 11) is 1.67. The van der Waals surface area contributed by atoms with Gasteiger partial charge in [0.25, 0.3) is 0 Å². The van der Waals surface area contributed by atoms with E-state index in [2.05, 4.69) is 48.5 Å². The Labute approximate surface area is 169 Å². The van der Waals surface area contributed by atoms with E-state index < -0.39 is 0 Å². The van der Waals surface area contributed by atoms with Gasteiger partial charge in [-0.15, -0.1) is 5.10 Å². The summed E-state index contributed by atoms with van der Waals surface area (Å²) in [6.07, 6.45) is 1.69. The molecule has 2 aromatic carbocycles. The summed E-state index contributed by atoms with van der Waals surface area (Å²) in [5, 5.41) is 20.2. The third-order valence-corrected chi connectivity index (χ3v) is 4.86. The van der Waals surface area contributed by atoms with Crippen LogP contribution in [0.15, 0.2) is 54.7 Å². The number of hydrogen-bond acceptors (Lipinski definition) is 8. The summed E-state index contributed by atoms with van der Waals surface area (Å²) >= 11 is 0. The summed E-state index contributed by atoms with van der Waals surface area (Å²) in [5.74, 6) is 2.09. The molecule has 29 heavy (non-hydrogen) atoms. The van der Waals surface area contributed by atoms with Crippen LogP contribution in [-0.4, -0.2) is 48.5 Å². The van der Waals surface area contributed by atoms with Crippen LogP contribution >= 0.6 is 0 Å². The first-order chi connectivity index (χ1) is 14.2. The minimum Gasteiger partial charge on any atom is -0.497 e. The van der Waals surface area contributed by atoms with Crippen molar-refractivity contribution in [3.05, 3.63) is 60.3 Å². The zero-order valence-electron chi connectivity index (χ0n) is 16.1. The Morgan fingerprint density at radius 3 is 2.31 bits per heavy atom. The highest BCUT2D eigenvalue weighted by molar-refractivity contribution is 5.56. The maximum Gasteiger partial charge on any atom is 0.249 e. The molecule has 0 atom stereocenters. The van der Waals surface area contributed by atoms with Crippen molar-refractivity contribution >= 4 is 23.1 Å². The zero-order valence-corrected chi connectivity index (χ0v) is 16.1. The number of hydrogen-bond donors (Lipinski definition) is 1. The molecule has 146 valence electrons. The lowest BCUT2D eigenvalue weighted by atomic mass is 10.2. The van der Waals surface area contributed by atoms with Gasteiger partial charge in [0.15, 0.2) is 5.82 Å². The Kier molecular flexibility index (Phi) is 5.38. The number of methoxy groups -OCH3 is 1. The number of benzene rings is 2. The highest BCUT2D eigenvalue weighted by atomic mass is 16.5. The van der Waals surface area contributed by atoms with Gasteiger partial charge in [0, 0.05) is 37.6 Å². The van der Waals surface area contributed by atoms with Gasteiger partial charge >= 0.3 is 0 Å². The Hall–Kier alpha value is -3.86. The van der Waals surface area contributed by atoms with Crippen molar-refractivity contribution in [1.82, 2.24) is 15.2 Å². The molecule has 0 bridgehead atoms. The van der Waals surface area contributed by atoms with Gasteiger partial charge in [-0.05, 0) is 48.5 Å². The number of nitriles is 1. The second kappa shape index (κ2) is 8.44. The van der Waals surface area contributed by atoms with Gasteiger partial charge in [-0.25, -0.2) is 0 Å². The maximum absolute atomic E-state index is 8.89. The summed E-state index contributed by atoms with van der Waals surface area (Å²) in [6.45, 7) is 3.49. The molecule has 0 aliphatic carbocycles. The minimum absolute atomic E-state index is 0.435. The smallest absolute Gasteiger partial charge is 0.249 e. The average molecular weight is 387 g/mol. The van der Waals surface area contributed by atoms with Crippen molar-refractivity contribution in [3.63, 3.8) is 0 Å². The molecule has 8 nitrogen and oxygen atoms in total. The van der Waals surface area contributed by atoms with Gasteiger partial charge in [0.1, 0.15) is 5.75 Å². The number of nitrogens with one attached hydrogen (secondary N) is 1. The molecule has 0 unspecified atom stereocenters. The van der Waals surface area contributed by atoms with Crippen molar-refractivity contribution < 1.29 is 4.74 Å². The molecular weight excluding hydrogens is 366 g/mol. The van der Waals surface area contributed by atoms with Crippen molar-refractivity contribution in [2.24, 2.45) is 0 Å². The third-order valence-electron chi connectivity index (χ3n) is 4.86. The average Bonchev–Trinajstić information content (AvgIpc) is 2.80. The number of anilines is 4. The standard InChI is InChI=1S/C21H21N7O/c1-29-19-8-6-18(7-9-19)27-10-12-28(13-11-27)20-15-23-26-21(25-20)24-17-4-2-16(14-22)3-5-17/h2-9,15H,10-13H2,1H3,(H,24,25,26). The molecule has 3 aromatic rings. The van der Waals surface area contributed by atoms with Crippen molar-refractivity contribution in [2.45, 2.75) is 0 Å². The molecule has 4 rings (SSSR count). The van der Waals surface area contributed by atoms with Crippen LogP contribution in [0.4, 0.5) is 23.1 Å². The largest absolute Gasteiger partial charge is 0.497 e. The van der Waals surface area contributed by atoms with E-state index in [0.717, 1.165) is 43.4 Å². The van der Waals surface area contributed by atoms with E-state index in [9.17, 15) is 0 Å². The summed E-state index contributed by atoms with van der Waals surface area (Å²) in [4.78, 5) is 9.15. The van der Waals surface area contributed by atoms with E-state index in [4.69, 9.17) is 10.00 Å². The van der Waals surface area contributed by atoms with Crippen molar-refractivity contribution in [1.29, 1.82) is 5.26 Å². The minimum atomic E-state index is 0.435. The molecule has 1 aromatic heterocycles. The van der Waals surface area contributed by atoms with Gasteiger partial charge in [-0.1, -0.05) is 0 Å². The van der Waals surface area contributed by atoms with Crippen molar-refractivity contribution in [3.8, 4) is 11.8 Å². The third kappa shape index (κ3) is 4.35. The van der Waals surface area contributed by atoms with Crippen LogP contribution in [0.25, 0.3) is 0 Å². The predicted octanol–water partition coefficient (Wildman–Crippen LogP) is 2.82. The number of nitrogens with zero attached hydrogens (tertiary/aromatic N) is 6. The monoisotopic (exact) mass is 387 g/mol. The molecule has 0 radical (unpaired) electrons. The van der Waals surface area contributed by atoms with E-state index in [1.165, 1.54) is 5.69 Å². The van der Waals surface area contributed by atoms with Gasteiger partial charge in [0.2, 0.25) is 5.95 Å². The molecule has 0 spiro atoms. The number of ether oxygens (including phenoxy) is 1. The summed E-state index contributed by atoms with van der Waals surface area (Å²) < 4.78 is 5.23. The second-order valence-electron chi connectivity index (χ2n) is 6.62. The second-order valence-corrected chi connectivity index (χ2v) is 6.62. The molecule has 8 heteroatoms. The molecule has 1 saturated heterocycles. The first kappa shape index (κ1) is 18.5. The molecule has 0 amide bonds. The van der Waals surface area contributed by atoms with Crippen molar-refractivity contribution in [2.75, 3.05) is 48.4 Å². The fourth-order valence-electron chi connectivity index (χ4n) is 3.24. The SMILES string of the molecule is COc1ccc(N2CCN(c3cnnc(Nc4ccc(C#N)cc4)n3)CC2)cc1. The lowest BCUT2D eigenvalue weighted by Gasteiger charge is -2.36. The lowest BCUT2D eigenvalue weighted by Crippen LogP contribution is -2.46. The van der Waals surface area contributed by atoms with Crippen LogP contribution in [0, 0.1) is 11.3 Å². The summed E-state index contributed by atoms with van der Waals surface area (Å²) in [5.41, 5.74) is 2.61. The Morgan fingerprint density at radius 1 is 0.966 bits per heavy atom. The first-order valence-corrected chi connectivity index (χ1v) is 9.36. The van der Waals surface area contributed by atoms with Crippen LogP contribution in [-0.2, 0) is 0 Å². The molecule has 0 saturated carbocycles. The van der Waals surface area contributed by atoms with Crippen LogP contribution in [0.2, 0.25) is 0 Å². The molecule has 1 fully saturated rings. The Morgan fingerprint density at radius 2 is 1.66 bits per heavy atom.